The molecule has 3 heteroatoms. The topological polar surface area (TPSA) is 29.4 Å². The van der Waals surface area contributed by atoms with Gasteiger partial charge in [-0.2, -0.15) is 0 Å². The molecular formula is C6H7NOS. The van der Waals surface area contributed by atoms with Crippen molar-refractivity contribution in [3.63, 3.8) is 0 Å². The monoisotopic (exact) mass is 141 g/mol. The van der Waals surface area contributed by atoms with Crippen molar-refractivity contribution in [3.8, 4) is 0 Å². The zero-order valence-electron chi connectivity index (χ0n) is 4.96. The van der Waals surface area contributed by atoms with E-state index in [2.05, 4.69) is 4.99 Å². The number of hydrogen-bond donors (Lipinski definition) is 0. The fourth-order valence-electron chi connectivity index (χ4n) is 1.17. The molecule has 0 unspecified atom stereocenters. The van der Waals surface area contributed by atoms with Crippen LogP contribution in [-0.4, -0.2) is 16.2 Å². The van der Waals surface area contributed by atoms with Gasteiger partial charge < -0.3 is 0 Å². The Morgan fingerprint density at radius 2 is 2.44 bits per heavy atom. The Balaban J connectivity index is 2.23. The molecule has 1 fully saturated rings. The van der Waals surface area contributed by atoms with Crippen LogP contribution in [0.4, 0.5) is 0 Å². The third-order valence-electron chi connectivity index (χ3n) is 2.00. The first-order chi connectivity index (χ1) is 4.33. The average Bonchev–Trinajstić information content (AvgIpc) is 2.07. The summed E-state index contributed by atoms with van der Waals surface area (Å²) in [5.41, 5.74) is 1.68. The number of amides is 1. The molecule has 0 radical (unpaired) electrons. The Morgan fingerprint density at radius 3 is 2.67 bits per heavy atom. The summed E-state index contributed by atoms with van der Waals surface area (Å²) in [5, 5.41) is 0. The van der Waals surface area contributed by atoms with Crippen LogP contribution < -0.4 is 0 Å². The minimum Gasteiger partial charge on any atom is -0.271 e. The maximum atomic E-state index is 11.0. The average molecular weight is 141 g/mol. The molecule has 1 heterocycles. The zero-order valence-corrected chi connectivity index (χ0v) is 5.78. The van der Waals surface area contributed by atoms with Gasteiger partial charge in [-0.25, -0.2) is 4.99 Å². The van der Waals surface area contributed by atoms with Gasteiger partial charge in [0.15, 0.2) is 0 Å². The largest absolute Gasteiger partial charge is 0.271 e. The van der Waals surface area contributed by atoms with E-state index in [9.17, 15) is 4.79 Å². The van der Waals surface area contributed by atoms with Gasteiger partial charge in [0.05, 0.1) is 5.55 Å². The molecule has 2 nitrogen and oxygen atoms in total. The van der Waals surface area contributed by atoms with E-state index in [1.54, 1.807) is 17.3 Å². The SMILES string of the molecule is O=C1N=CSC12CCC2. The van der Waals surface area contributed by atoms with Gasteiger partial charge in [0.2, 0.25) is 0 Å². The molecule has 0 N–H and O–H groups in total. The van der Waals surface area contributed by atoms with Crippen molar-refractivity contribution in [1.29, 1.82) is 0 Å². The summed E-state index contributed by atoms with van der Waals surface area (Å²) in [6, 6.07) is 0. The molecule has 1 aliphatic carbocycles. The quantitative estimate of drug-likeness (QED) is 0.507. The van der Waals surface area contributed by atoms with Gasteiger partial charge in [-0.15, -0.1) is 0 Å². The van der Waals surface area contributed by atoms with Gasteiger partial charge >= 0.3 is 0 Å². The summed E-state index contributed by atoms with van der Waals surface area (Å²) in [7, 11) is 0. The van der Waals surface area contributed by atoms with Crippen LogP contribution in [0.5, 0.6) is 0 Å². The molecule has 0 saturated heterocycles. The lowest BCUT2D eigenvalue weighted by Gasteiger charge is -2.33. The highest BCUT2D eigenvalue weighted by molar-refractivity contribution is 8.14. The van der Waals surface area contributed by atoms with Crippen molar-refractivity contribution < 1.29 is 4.79 Å². The van der Waals surface area contributed by atoms with Crippen LogP contribution in [0.25, 0.3) is 0 Å². The van der Waals surface area contributed by atoms with E-state index in [1.165, 1.54) is 6.42 Å². The predicted molar refractivity (Wildman–Crippen MR) is 37.7 cm³/mol. The van der Waals surface area contributed by atoms with Crippen molar-refractivity contribution in [2.75, 3.05) is 0 Å². The number of hydrogen-bond acceptors (Lipinski definition) is 2. The van der Waals surface area contributed by atoms with Gasteiger partial charge in [0, 0.05) is 0 Å². The number of carbonyl (C=O) groups is 1. The standard InChI is InChI=1S/C6H7NOS/c8-5-6(2-1-3-6)9-4-7-5/h4H,1-3H2. The van der Waals surface area contributed by atoms with Gasteiger partial charge in [-0.1, -0.05) is 11.8 Å². The minimum atomic E-state index is -0.0694. The smallest absolute Gasteiger partial charge is 0.262 e. The second-order valence-corrected chi connectivity index (χ2v) is 3.73. The normalized spacial score (nSPS) is 29.1. The van der Waals surface area contributed by atoms with E-state index in [4.69, 9.17) is 0 Å². The van der Waals surface area contributed by atoms with Crippen molar-refractivity contribution in [2.45, 2.75) is 24.0 Å². The molecule has 0 aromatic carbocycles. The first kappa shape index (κ1) is 5.47. The lowest BCUT2D eigenvalue weighted by atomic mass is 9.84. The van der Waals surface area contributed by atoms with E-state index in [-0.39, 0.29) is 10.7 Å². The third kappa shape index (κ3) is 0.582. The van der Waals surface area contributed by atoms with Crippen molar-refractivity contribution in [2.24, 2.45) is 4.99 Å². The summed E-state index contributed by atoms with van der Waals surface area (Å²) < 4.78 is -0.0694. The first-order valence-corrected chi connectivity index (χ1v) is 3.96. The molecule has 2 rings (SSSR count). The number of rotatable bonds is 0. The van der Waals surface area contributed by atoms with E-state index in [0.29, 0.717) is 0 Å². The van der Waals surface area contributed by atoms with E-state index in [0.717, 1.165) is 12.8 Å². The highest BCUT2D eigenvalue weighted by Gasteiger charge is 2.46. The fourth-order valence-corrected chi connectivity index (χ4v) is 2.20. The minimum absolute atomic E-state index is 0.0694. The molecule has 0 atom stereocenters. The molecule has 1 aliphatic heterocycles. The van der Waals surface area contributed by atoms with Crippen molar-refractivity contribution in [3.05, 3.63) is 0 Å². The summed E-state index contributed by atoms with van der Waals surface area (Å²) in [5.74, 6) is 0.0961. The Hall–Kier alpha value is -0.310. The molecule has 1 saturated carbocycles. The van der Waals surface area contributed by atoms with Gasteiger partial charge in [0.25, 0.3) is 5.91 Å². The Bertz CT molecular complexity index is 183. The maximum Gasteiger partial charge on any atom is 0.262 e. The van der Waals surface area contributed by atoms with E-state index in [1.807, 2.05) is 0 Å². The van der Waals surface area contributed by atoms with E-state index >= 15 is 0 Å². The van der Waals surface area contributed by atoms with Crippen LogP contribution >= 0.6 is 11.8 Å². The number of aliphatic imine (C=N–C) groups is 1. The van der Waals surface area contributed by atoms with Crippen LogP contribution in [0.1, 0.15) is 19.3 Å². The van der Waals surface area contributed by atoms with Crippen molar-refractivity contribution in [1.82, 2.24) is 0 Å². The molecule has 48 valence electrons. The molecule has 0 bridgehead atoms. The summed E-state index contributed by atoms with van der Waals surface area (Å²) in [6.45, 7) is 0. The van der Waals surface area contributed by atoms with Crippen LogP contribution in [0.3, 0.4) is 0 Å². The van der Waals surface area contributed by atoms with Crippen LogP contribution in [0.15, 0.2) is 4.99 Å². The molecule has 1 amide bonds. The molecule has 1 spiro atoms. The Morgan fingerprint density at radius 1 is 1.67 bits per heavy atom. The fraction of sp³-hybridized carbons (Fsp3) is 0.667. The molecule has 0 aromatic rings. The zero-order chi connectivity index (χ0) is 6.32. The lowest BCUT2D eigenvalue weighted by Crippen LogP contribution is -2.38. The van der Waals surface area contributed by atoms with Gasteiger partial charge in [-0.3, -0.25) is 4.79 Å². The highest BCUT2D eigenvalue weighted by atomic mass is 32.2. The maximum absolute atomic E-state index is 11.0. The number of nitrogens with zero attached hydrogens (tertiary/aromatic N) is 1. The predicted octanol–water partition coefficient (Wildman–Crippen LogP) is 1.21. The van der Waals surface area contributed by atoms with Gasteiger partial charge in [0.1, 0.15) is 4.75 Å². The Labute approximate surface area is 57.7 Å². The number of carbonyl (C=O) groups excluding carboxylic acids is 1. The number of thioether (sulfide) groups is 1. The summed E-state index contributed by atoms with van der Waals surface area (Å²) in [6.07, 6.45) is 3.27. The molecule has 0 aromatic heterocycles. The summed E-state index contributed by atoms with van der Waals surface area (Å²) in [4.78, 5) is 14.7. The second kappa shape index (κ2) is 1.59. The van der Waals surface area contributed by atoms with E-state index < -0.39 is 0 Å². The molecule has 9 heavy (non-hydrogen) atoms. The van der Waals surface area contributed by atoms with Gasteiger partial charge in [-0.05, 0) is 19.3 Å². The van der Waals surface area contributed by atoms with Crippen LogP contribution in [0, 0.1) is 0 Å². The van der Waals surface area contributed by atoms with Crippen molar-refractivity contribution >= 4 is 23.2 Å². The van der Waals surface area contributed by atoms with Crippen LogP contribution in [0.2, 0.25) is 0 Å². The third-order valence-corrected chi connectivity index (χ3v) is 3.24. The molecular weight excluding hydrogens is 134 g/mol. The molecule has 2 aliphatic rings. The lowest BCUT2D eigenvalue weighted by molar-refractivity contribution is -0.121. The Kier molecular flexibility index (Phi) is 0.970. The second-order valence-electron chi connectivity index (χ2n) is 2.51. The highest BCUT2D eigenvalue weighted by Crippen LogP contribution is 2.46. The van der Waals surface area contributed by atoms with Crippen LogP contribution in [-0.2, 0) is 4.79 Å². The summed E-state index contributed by atoms with van der Waals surface area (Å²) >= 11 is 1.60. The first-order valence-electron chi connectivity index (χ1n) is 3.08.